The van der Waals surface area contributed by atoms with E-state index in [0.717, 1.165) is 0 Å². The van der Waals surface area contributed by atoms with Crippen molar-refractivity contribution in [2.45, 2.75) is 58.9 Å². The van der Waals surface area contributed by atoms with E-state index in [2.05, 4.69) is 5.32 Å². The van der Waals surface area contributed by atoms with Gasteiger partial charge in [-0.25, -0.2) is 0 Å². The number of amides is 1. The average molecular weight is 267 g/mol. The summed E-state index contributed by atoms with van der Waals surface area (Å²) in [4.78, 5) is 23.2. The molecule has 0 heterocycles. The third kappa shape index (κ3) is 3.28. The van der Waals surface area contributed by atoms with Crippen molar-refractivity contribution in [3.05, 3.63) is 0 Å². The fraction of sp³-hybridized carbons (Fsp3) is 0.867. The molecule has 1 amide bonds. The van der Waals surface area contributed by atoms with Crippen LogP contribution in [0.25, 0.3) is 0 Å². The van der Waals surface area contributed by atoms with E-state index in [0.29, 0.717) is 11.8 Å². The molecule has 2 aliphatic carbocycles. The lowest BCUT2D eigenvalue weighted by molar-refractivity contribution is -0.138. The number of hydrogen-bond acceptors (Lipinski definition) is 2. The van der Waals surface area contributed by atoms with Crippen LogP contribution in [0.3, 0.4) is 0 Å². The van der Waals surface area contributed by atoms with E-state index in [1.807, 2.05) is 20.8 Å². The second-order valence-corrected chi connectivity index (χ2v) is 7.16. The van der Waals surface area contributed by atoms with Crippen LogP contribution in [0, 0.1) is 23.2 Å². The van der Waals surface area contributed by atoms with Crippen molar-refractivity contribution in [2.24, 2.45) is 23.2 Å². The second-order valence-electron chi connectivity index (χ2n) is 7.16. The molecular formula is C15H25NO3. The Labute approximate surface area is 115 Å². The van der Waals surface area contributed by atoms with E-state index in [1.165, 1.54) is 25.7 Å². The molecule has 0 aromatic heterocycles. The van der Waals surface area contributed by atoms with Crippen molar-refractivity contribution in [3.63, 3.8) is 0 Å². The van der Waals surface area contributed by atoms with Crippen LogP contribution in [-0.2, 0) is 9.59 Å². The number of nitrogens with one attached hydrogen (secondary N) is 1. The molecule has 2 aliphatic rings. The average Bonchev–Trinajstić information content (AvgIpc) is 3.00. The van der Waals surface area contributed by atoms with Crippen molar-refractivity contribution in [1.82, 2.24) is 5.32 Å². The minimum Gasteiger partial charge on any atom is -0.481 e. The Hall–Kier alpha value is -1.06. The van der Waals surface area contributed by atoms with E-state index in [4.69, 9.17) is 5.11 Å². The van der Waals surface area contributed by atoms with Crippen LogP contribution in [0.2, 0.25) is 0 Å². The van der Waals surface area contributed by atoms with Crippen molar-refractivity contribution in [3.8, 4) is 0 Å². The number of aliphatic carboxylic acids is 1. The molecule has 19 heavy (non-hydrogen) atoms. The lowest BCUT2D eigenvalue weighted by Gasteiger charge is -2.30. The first-order chi connectivity index (χ1) is 8.80. The van der Waals surface area contributed by atoms with E-state index in [-0.39, 0.29) is 29.7 Å². The lowest BCUT2D eigenvalue weighted by atomic mass is 9.84. The van der Waals surface area contributed by atoms with E-state index >= 15 is 0 Å². The zero-order valence-electron chi connectivity index (χ0n) is 12.1. The smallest absolute Gasteiger partial charge is 0.305 e. The summed E-state index contributed by atoms with van der Waals surface area (Å²) in [6.45, 7) is 5.92. The summed E-state index contributed by atoms with van der Waals surface area (Å²) in [6, 6.07) is -0.292. The Bertz CT molecular complexity index is 360. The molecule has 0 saturated heterocycles. The number of hydrogen-bond donors (Lipinski definition) is 2. The highest BCUT2D eigenvalue weighted by molar-refractivity contribution is 5.83. The highest BCUT2D eigenvalue weighted by Crippen LogP contribution is 2.55. The molecule has 0 bridgehead atoms. The summed E-state index contributed by atoms with van der Waals surface area (Å²) in [5, 5.41) is 12.0. The number of carbonyl (C=O) groups is 2. The molecule has 2 N–H and O–H groups in total. The molecule has 0 aliphatic heterocycles. The maximum absolute atomic E-state index is 12.3. The summed E-state index contributed by atoms with van der Waals surface area (Å²) in [5.74, 6) is 0.519. The van der Waals surface area contributed by atoms with Crippen LogP contribution in [-0.4, -0.2) is 23.0 Å². The fourth-order valence-electron chi connectivity index (χ4n) is 3.40. The van der Waals surface area contributed by atoms with Gasteiger partial charge in [-0.3, -0.25) is 9.59 Å². The molecule has 2 rings (SSSR count). The number of carboxylic acid groups (broad SMARTS) is 1. The summed E-state index contributed by atoms with van der Waals surface area (Å²) in [6.07, 6.45) is 4.81. The van der Waals surface area contributed by atoms with E-state index < -0.39 is 5.97 Å². The first-order valence-corrected chi connectivity index (χ1v) is 7.33. The minimum absolute atomic E-state index is 0.00269. The summed E-state index contributed by atoms with van der Waals surface area (Å²) in [7, 11) is 0. The van der Waals surface area contributed by atoms with E-state index in [1.54, 1.807) is 0 Å². The first kappa shape index (κ1) is 14.4. The molecule has 4 nitrogen and oxygen atoms in total. The molecule has 0 radical (unpaired) electrons. The third-order valence-corrected chi connectivity index (χ3v) is 4.70. The van der Waals surface area contributed by atoms with Gasteiger partial charge >= 0.3 is 5.97 Å². The molecule has 0 aromatic rings. The Morgan fingerprint density at radius 1 is 1.21 bits per heavy atom. The quantitative estimate of drug-likeness (QED) is 0.822. The number of carboxylic acids is 1. The molecule has 2 saturated carbocycles. The Kier molecular flexibility index (Phi) is 3.88. The Morgan fingerprint density at radius 2 is 1.74 bits per heavy atom. The van der Waals surface area contributed by atoms with Crippen molar-refractivity contribution in [1.29, 1.82) is 0 Å². The predicted molar refractivity (Wildman–Crippen MR) is 72.6 cm³/mol. The highest BCUT2D eigenvalue weighted by atomic mass is 16.4. The van der Waals surface area contributed by atoms with Gasteiger partial charge in [-0.2, -0.15) is 0 Å². The molecule has 3 unspecified atom stereocenters. The molecule has 4 heteroatoms. The van der Waals surface area contributed by atoms with Gasteiger partial charge in [0.05, 0.1) is 6.42 Å². The highest BCUT2D eigenvalue weighted by Gasteiger charge is 2.55. The van der Waals surface area contributed by atoms with Gasteiger partial charge in [-0.1, -0.05) is 33.6 Å². The van der Waals surface area contributed by atoms with Gasteiger partial charge in [0.1, 0.15) is 0 Å². The van der Waals surface area contributed by atoms with Gasteiger partial charge in [0, 0.05) is 12.0 Å². The Morgan fingerprint density at radius 3 is 2.16 bits per heavy atom. The number of carbonyl (C=O) groups excluding carboxylic acids is 1. The SMILES string of the molecule is CC(C)(C)C(CC(=O)O)NC(=O)C1C2CCCCC21. The van der Waals surface area contributed by atoms with Crippen molar-refractivity contribution < 1.29 is 14.7 Å². The molecule has 108 valence electrons. The standard InChI is InChI=1S/C15H25NO3/c1-15(2,3)11(8-12(17)18)16-14(19)13-9-6-4-5-7-10(9)13/h9-11,13H,4-8H2,1-3H3,(H,16,19)(H,17,18). The number of fused-ring (bicyclic) bond motifs is 1. The van der Waals surface area contributed by atoms with Gasteiger partial charge in [-0.05, 0) is 30.1 Å². The second kappa shape index (κ2) is 5.14. The molecule has 0 aromatic carbocycles. The maximum Gasteiger partial charge on any atom is 0.305 e. The summed E-state index contributed by atoms with van der Waals surface area (Å²) in [5.41, 5.74) is -0.228. The van der Waals surface area contributed by atoms with Crippen molar-refractivity contribution >= 4 is 11.9 Å². The van der Waals surface area contributed by atoms with Crippen molar-refractivity contribution in [2.75, 3.05) is 0 Å². The van der Waals surface area contributed by atoms with E-state index in [9.17, 15) is 9.59 Å². The van der Waals surface area contributed by atoms with Crippen LogP contribution >= 0.6 is 0 Å². The summed E-state index contributed by atoms with van der Waals surface area (Å²) < 4.78 is 0. The monoisotopic (exact) mass is 267 g/mol. The maximum atomic E-state index is 12.3. The zero-order valence-corrected chi connectivity index (χ0v) is 12.1. The van der Waals surface area contributed by atoms with Crippen LogP contribution < -0.4 is 5.32 Å². The topological polar surface area (TPSA) is 66.4 Å². The minimum atomic E-state index is -0.853. The zero-order chi connectivity index (χ0) is 14.2. The summed E-state index contributed by atoms with van der Waals surface area (Å²) >= 11 is 0. The Balaban J connectivity index is 1.94. The third-order valence-electron chi connectivity index (χ3n) is 4.70. The number of rotatable bonds is 4. The van der Waals surface area contributed by atoms with Crippen LogP contribution in [0.1, 0.15) is 52.9 Å². The predicted octanol–water partition coefficient (Wildman–Crippen LogP) is 2.43. The van der Waals surface area contributed by atoms with Gasteiger partial charge in [0.25, 0.3) is 0 Å². The normalized spacial score (nSPS) is 31.2. The van der Waals surface area contributed by atoms with Crippen LogP contribution in [0.5, 0.6) is 0 Å². The van der Waals surface area contributed by atoms with Gasteiger partial charge in [0.15, 0.2) is 0 Å². The van der Waals surface area contributed by atoms with Gasteiger partial charge in [-0.15, -0.1) is 0 Å². The molecule has 0 spiro atoms. The van der Waals surface area contributed by atoms with Crippen LogP contribution in [0.4, 0.5) is 0 Å². The first-order valence-electron chi connectivity index (χ1n) is 7.33. The van der Waals surface area contributed by atoms with Gasteiger partial charge in [0.2, 0.25) is 5.91 Å². The fourth-order valence-corrected chi connectivity index (χ4v) is 3.40. The van der Waals surface area contributed by atoms with Crippen LogP contribution in [0.15, 0.2) is 0 Å². The molecular weight excluding hydrogens is 242 g/mol. The molecule has 2 fully saturated rings. The largest absolute Gasteiger partial charge is 0.481 e. The lowest BCUT2D eigenvalue weighted by Crippen LogP contribution is -2.46. The van der Waals surface area contributed by atoms with Gasteiger partial charge < -0.3 is 10.4 Å². The molecule has 3 atom stereocenters.